The summed E-state index contributed by atoms with van der Waals surface area (Å²) in [6, 6.07) is 13.5. The first-order chi connectivity index (χ1) is 17.9. The van der Waals surface area contributed by atoms with E-state index in [1.807, 2.05) is 36.1 Å². The molecule has 0 bridgehead atoms. The number of amides is 2. The highest BCUT2D eigenvalue weighted by atomic mass is 35.5. The molecular formula is C27H34ClN5O3S. The molecule has 0 saturated carbocycles. The van der Waals surface area contributed by atoms with Gasteiger partial charge in [-0.25, -0.2) is 0 Å². The van der Waals surface area contributed by atoms with Gasteiger partial charge in [-0.3, -0.25) is 14.5 Å². The largest absolute Gasteiger partial charge is 0.494 e. The van der Waals surface area contributed by atoms with Crippen molar-refractivity contribution in [3.05, 3.63) is 53.6 Å². The first-order valence-corrected chi connectivity index (χ1v) is 13.5. The minimum Gasteiger partial charge on any atom is -0.494 e. The van der Waals surface area contributed by atoms with Crippen LogP contribution in [0.4, 0.5) is 11.4 Å². The van der Waals surface area contributed by atoms with E-state index < -0.39 is 6.04 Å². The van der Waals surface area contributed by atoms with Crippen molar-refractivity contribution in [2.45, 2.75) is 25.8 Å². The summed E-state index contributed by atoms with van der Waals surface area (Å²) in [6.07, 6.45) is 0.854. The molecule has 37 heavy (non-hydrogen) atoms. The topological polar surface area (TPSA) is 68.4 Å². The van der Waals surface area contributed by atoms with Crippen molar-refractivity contribution in [2.75, 3.05) is 63.1 Å². The van der Waals surface area contributed by atoms with Gasteiger partial charge in [-0.1, -0.05) is 11.6 Å². The van der Waals surface area contributed by atoms with E-state index in [1.165, 1.54) is 0 Å². The molecule has 0 aliphatic carbocycles. The van der Waals surface area contributed by atoms with Crippen molar-refractivity contribution >= 4 is 52.1 Å². The maximum Gasteiger partial charge on any atom is 0.256 e. The molecule has 4 rings (SSSR count). The predicted molar refractivity (Wildman–Crippen MR) is 151 cm³/mol. The zero-order chi connectivity index (χ0) is 26.4. The molecule has 2 aliphatic heterocycles. The Hall–Kier alpha value is -2.72. The summed E-state index contributed by atoms with van der Waals surface area (Å²) in [5, 5.41) is 3.89. The Kier molecular flexibility index (Phi) is 9.37. The molecule has 2 aromatic rings. The zero-order valence-corrected chi connectivity index (χ0v) is 22.9. The summed E-state index contributed by atoms with van der Waals surface area (Å²) >= 11 is 11.8. The van der Waals surface area contributed by atoms with Crippen LogP contribution in [-0.4, -0.2) is 90.6 Å². The van der Waals surface area contributed by atoms with Crippen molar-refractivity contribution in [3.63, 3.8) is 0 Å². The Morgan fingerprint density at radius 1 is 1.05 bits per heavy atom. The van der Waals surface area contributed by atoms with Crippen LogP contribution in [0.3, 0.4) is 0 Å². The SMILES string of the molecule is CCOc1ccc(N2C(=O)C(CC(=O)Nc3ccc(Cl)cc3)N(CCCN3CCN(C)CC3)C2=S)cc1. The van der Waals surface area contributed by atoms with Crippen molar-refractivity contribution in [3.8, 4) is 5.75 Å². The third-order valence-electron chi connectivity index (χ3n) is 6.70. The van der Waals surface area contributed by atoms with Crippen LogP contribution < -0.4 is 15.0 Å². The number of anilines is 2. The second-order valence-electron chi connectivity index (χ2n) is 9.35. The predicted octanol–water partition coefficient (Wildman–Crippen LogP) is 3.71. The number of rotatable bonds is 10. The van der Waals surface area contributed by atoms with Gasteiger partial charge in [-0.05, 0) is 87.7 Å². The Labute approximate surface area is 229 Å². The van der Waals surface area contributed by atoms with Gasteiger partial charge >= 0.3 is 0 Å². The fraction of sp³-hybridized carbons (Fsp3) is 0.444. The molecule has 8 nitrogen and oxygen atoms in total. The molecule has 1 N–H and O–H groups in total. The highest BCUT2D eigenvalue weighted by Gasteiger charge is 2.43. The number of halogens is 1. The summed E-state index contributed by atoms with van der Waals surface area (Å²) in [6.45, 7) is 8.19. The van der Waals surface area contributed by atoms with Crippen LogP contribution in [0.2, 0.25) is 5.02 Å². The molecule has 2 fully saturated rings. The molecule has 10 heteroatoms. The normalized spacial score (nSPS) is 18.9. The van der Waals surface area contributed by atoms with Crippen LogP contribution >= 0.6 is 23.8 Å². The van der Waals surface area contributed by atoms with E-state index >= 15 is 0 Å². The lowest BCUT2D eigenvalue weighted by Crippen LogP contribution is -2.45. The van der Waals surface area contributed by atoms with Crippen LogP contribution in [0.15, 0.2) is 48.5 Å². The number of thiocarbonyl (C=S) groups is 1. The quantitative estimate of drug-likeness (QED) is 0.458. The Morgan fingerprint density at radius 3 is 2.38 bits per heavy atom. The average molecular weight is 544 g/mol. The Balaban J connectivity index is 1.47. The lowest BCUT2D eigenvalue weighted by atomic mass is 10.1. The fourth-order valence-corrected chi connectivity index (χ4v) is 5.18. The summed E-state index contributed by atoms with van der Waals surface area (Å²) in [7, 11) is 2.14. The Morgan fingerprint density at radius 2 is 1.73 bits per heavy atom. The number of ether oxygens (including phenoxy) is 1. The van der Waals surface area contributed by atoms with Gasteiger partial charge in [0.15, 0.2) is 5.11 Å². The summed E-state index contributed by atoms with van der Waals surface area (Å²) in [5.74, 6) is 0.285. The van der Waals surface area contributed by atoms with Gasteiger partial charge in [0.25, 0.3) is 5.91 Å². The van der Waals surface area contributed by atoms with Crippen LogP contribution in [0.5, 0.6) is 5.75 Å². The van der Waals surface area contributed by atoms with Crippen LogP contribution in [0, 0.1) is 0 Å². The fourth-order valence-electron chi connectivity index (χ4n) is 4.64. The molecular weight excluding hydrogens is 510 g/mol. The lowest BCUT2D eigenvalue weighted by Gasteiger charge is -2.33. The molecule has 0 radical (unpaired) electrons. The number of nitrogens with zero attached hydrogens (tertiary/aromatic N) is 4. The number of benzene rings is 2. The van der Waals surface area contributed by atoms with E-state index in [0.29, 0.717) is 34.7 Å². The molecule has 0 aromatic heterocycles. The third-order valence-corrected chi connectivity index (χ3v) is 7.37. The van der Waals surface area contributed by atoms with E-state index in [9.17, 15) is 9.59 Å². The molecule has 2 aromatic carbocycles. The van der Waals surface area contributed by atoms with Crippen LogP contribution in [0.1, 0.15) is 19.8 Å². The number of carbonyl (C=O) groups is 2. The number of piperazine rings is 1. The molecule has 0 spiro atoms. The number of hydrogen-bond donors (Lipinski definition) is 1. The monoisotopic (exact) mass is 543 g/mol. The maximum absolute atomic E-state index is 13.6. The first kappa shape index (κ1) is 27.3. The second-order valence-corrected chi connectivity index (χ2v) is 10.2. The van der Waals surface area contributed by atoms with Crippen molar-refractivity contribution in [2.24, 2.45) is 0 Å². The smallest absolute Gasteiger partial charge is 0.256 e. The summed E-state index contributed by atoms with van der Waals surface area (Å²) < 4.78 is 5.54. The van der Waals surface area contributed by atoms with Gasteiger partial charge in [0, 0.05) is 43.4 Å². The number of nitrogens with one attached hydrogen (secondary N) is 1. The van der Waals surface area contributed by atoms with Gasteiger partial charge in [0.2, 0.25) is 5.91 Å². The molecule has 1 atom stereocenters. The van der Waals surface area contributed by atoms with E-state index in [-0.39, 0.29) is 18.2 Å². The minimum atomic E-state index is -0.668. The molecule has 2 aliphatic rings. The van der Waals surface area contributed by atoms with Crippen molar-refractivity contribution < 1.29 is 14.3 Å². The van der Waals surface area contributed by atoms with Gasteiger partial charge in [0.1, 0.15) is 11.8 Å². The van der Waals surface area contributed by atoms with E-state index in [2.05, 4.69) is 22.2 Å². The van der Waals surface area contributed by atoms with Crippen molar-refractivity contribution in [1.29, 1.82) is 0 Å². The van der Waals surface area contributed by atoms with Gasteiger partial charge < -0.3 is 24.8 Å². The number of carbonyl (C=O) groups excluding carboxylic acids is 2. The molecule has 2 heterocycles. The second kappa shape index (κ2) is 12.7. The van der Waals surface area contributed by atoms with Crippen molar-refractivity contribution in [1.82, 2.24) is 14.7 Å². The Bertz CT molecular complexity index is 1090. The number of likely N-dealkylation sites (N-methyl/N-ethyl adjacent to an activating group) is 1. The van der Waals surface area contributed by atoms with Gasteiger partial charge in [-0.15, -0.1) is 0 Å². The standard InChI is InChI=1S/C27H34ClN5O3S/c1-3-36-23-11-9-22(10-12-23)33-26(35)24(19-25(34)29-21-7-5-20(28)6-8-21)32(27(33)37)14-4-13-31-17-15-30(2)16-18-31/h5-12,24H,3-4,13-19H2,1-2H3,(H,29,34). The third kappa shape index (κ3) is 6.98. The molecule has 198 valence electrons. The van der Waals surface area contributed by atoms with Crippen LogP contribution in [0.25, 0.3) is 0 Å². The summed E-state index contributed by atoms with van der Waals surface area (Å²) in [4.78, 5) is 34.8. The highest BCUT2D eigenvalue weighted by Crippen LogP contribution is 2.29. The molecule has 2 amide bonds. The first-order valence-electron chi connectivity index (χ1n) is 12.7. The van der Waals surface area contributed by atoms with Crippen LogP contribution in [-0.2, 0) is 9.59 Å². The van der Waals surface area contributed by atoms with Gasteiger partial charge in [-0.2, -0.15) is 0 Å². The average Bonchev–Trinajstić information content (AvgIpc) is 3.11. The van der Waals surface area contributed by atoms with Gasteiger partial charge in [0.05, 0.1) is 18.7 Å². The molecule has 2 saturated heterocycles. The van der Waals surface area contributed by atoms with E-state index in [1.54, 1.807) is 29.2 Å². The minimum absolute atomic E-state index is 0.00361. The lowest BCUT2D eigenvalue weighted by molar-refractivity contribution is -0.124. The summed E-state index contributed by atoms with van der Waals surface area (Å²) in [5.41, 5.74) is 1.30. The maximum atomic E-state index is 13.6. The van der Waals surface area contributed by atoms with E-state index in [0.717, 1.165) is 44.9 Å². The number of hydrogen-bond acceptors (Lipinski definition) is 6. The zero-order valence-electron chi connectivity index (χ0n) is 21.4. The molecule has 1 unspecified atom stereocenters. The highest BCUT2D eigenvalue weighted by molar-refractivity contribution is 7.80. The van der Waals surface area contributed by atoms with E-state index in [4.69, 9.17) is 28.6 Å².